The van der Waals surface area contributed by atoms with Gasteiger partial charge in [-0.1, -0.05) is 19.4 Å². The lowest BCUT2D eigenvalue weighted by atomic mass is 10.1. The molecule has 96 valence electrons. The van der Waals surface area contributed by atoms with Gasteiger partial charge in [0.1, 0.15) is 5.82 Å². The molecule has 0 heterocycles. The summed E-state index contributed by atoms with van der Waals surface area (Å²) in [5.74, 6) is -0.249. The number of aliphatic hydroxyl groups is 1. The normalized spacial score (nSPS) is 12.5. The molecule has 0 aromatic heterocycles. The minimum atomic E-state index is -0.621. The van der Waals surface area contributed by atoms with Gasteiger partial charge in [0.25, 0.3) is 0 Å². The van der Waals surface area contributed by atoms with E-state index in [2.05, 4.69) is 6.92 Å². The molecule has 1 atom stereocenters. The van der Waals surface area contributed by atoms with Gasteiger partial charge < -0.3 is 10.0 Å². The molecule has 1 N–H and O–H groups in total. The zero-order valence-corrected chi connectivity index (χ0v) is 10.9. The zero-order chi connectivity index (χ0) is 12.8. The predicted molar refractivity (Wildman–Crippen MR) is 69.8 cm³/mol. The van der Waals surface area contributed by atoms with Crippen molar-refractivity contribution in [3.63, 3.8) is 0 Å². The van der Waals surface area contributed by atoms with Crippen LogP contribution >= 0.6 is 0 Å². The highest BCUT2D eigenvalue weighted by Crippen LogP contribution is 2.23. The highest BCUT2D eigenvalue weighted by Gasteiger charge is 2.11. The molecule has 3 heteroatoms. The van der Waals surface area contributed by atoms with Crippen LogP contribution in [0.2, 0.25) is 0 Å². The van der Waals surface area contributed by atoms with E-state index in [1.807, 2.05) is 11.8 Å². The van der Waals surface area contributed by atoms with Crippen LogP contribution in [0.25, 0.3) is 0 Å². The van der Waals surface area contributed by atoms with Crippen LogP contribution in [0, 0.1) is 5.82 Å². The Morgan fingerprint density at radius 1 is 1.35 bits per heavy atom. The molecular weight excluding hydrogens is 217 g/mol. The first-order chi connectivity index (χ1) is 8.10. The van der Waals surface area contributed by atoms with E-state index in [0.29, 0.717) is 11.3 Å². The number of anilines is 1. The van der Waals surface area contributed by atoms with Crippen LogP contribution in [0.3, 0.4) is 0 Å². The molecule has 0 aliphatic carbocycles. The molecular formula is C14H22FNO. The van der Waals surface area contributed by atoms with Gasteiger partial charge in [-0.25, -0.2) is 4.39 Å². The van der Waals surface area contributed by atoms with E-state index in [9.17, 15) is 9.50 Å². The minimum Gasteiger partial charge on any atom is -0.389 e. The molecule has 2 nitrogen and oxygen atoms in total. The van der Waals surface area contributed by atoms with Gasteiger partial charge in [-0.15, -0.1) is 0 Å². The lowest BCUT2D eigenvalue weighted by Crippen LogP contribution is -2.24. The second kappa shape index (κ2) is 6.60. The Kier molecular flexibility index (Phi) is 5.42. The van der Waals surface area contributed by atoms with Gasteiger partial charge in [0.15, 0.2) is 0 Å². The van der Waals surface area contributed by atoms with Crippen molar-refractivity contribution in [1.82, 2.24) is 0 Å². The predicted octanol–water partition coefficient (Wildman–Crippen LogP) is 3.51. The van der Waals surface area contributed by atoms with Gasteiger partial charge in [-0.2, -0.15) is 0 Å². The fourth-order valence-electron chi connectivity index (χ4n) is 1.84. The van der Waals surface area contributed by atoms with E-state index in [1.54, 1.807) is 19.1 Å². The smallest absolute Gasteiger partial charge is 0.146 e. The second-order valence-corrected chi connectivity index (χ2v) is 4.32. The minimum absolute atomic E-state index is 0.249. The van der Waals surface area contributed by atoms with Crippen molar-refractivity contribution in [3.8, 4) is 0 Å². The molecule has 0 saturated heterocycles. The lowest BCUT2D eigenvalue weighted by Gasteiger charge is -2.24. The third kappa shape index (κ3) is 3.70. The third-order valence-corrected chi connectivity index (χ3v) is 2.96. The summed E-state index contributed by atoms with van der Waals surface area (Å²) in [5, 5.41) is 9.40. The topological polar surface area (TPSA) is 23.5 Å². The average Bonchev–Trinajstić information content (AvgIpc) is 2.31. The fourth-order valence-corrected chi connectivity index (χ4v) is 1.84. The molecule has 0 saturated carbocycles. The Labute approximate surface area is 103 Å². The van der Waals surface area contributed by atoms with E-state index < -0.39 is 6.10 Å². The molecule has 0 radical (unpaired) electrons. The van der Waals surface area contributed by atoms with Crippen molar-refractivity contribution in [3.05, 3.63) is 29.6 Å². The van der Waals surface area contributed by atoms with Gasteiger partial charge in [0, 0.05) is 13.1 Å². The zero-order valence-electron chi connectivity index (χ0n) is 10.9. The number of rotatable bonds is 6. The van der Waals surface area contributed by atoms with Crippen molar-refractivity contribution >= 4 is 5.69 Å². The fraction of sp³-hybridized carbons (Fsp3) is 0.571. The Bertz CT molecular complexity index is 352. The maximum atomic E-state index is 13.9. The van der Waals surface area contributed by atoms with Crippen molar-refractivity contribution in [2.45, 2.75) is 39.7 Å². The number of nitrogens with zero attached hydrogens (tertiary/aromatic N) is 1. The van der Waals surface area contributed by atoms with Gasteiger partial charge in [0.05, 0.1) is 11.8 Å². The van der Waals surface area contributed by atoms with E-state index in [4.69, 9.17) is 0 Å². The van der Waals surface area contributed by atoms with Gasteiger partial charge >= 0.3 is 0 Å². The SMILES string of the molecule is CCCCN(CC)c1ccc([C@@H](C)O)cc1F. The van der Waals surface area contributed by atoms with Crippen LogP contribution in [0.15, 0.2) is 18.2 Å². The Balaban J connectivity index is 2.88. The molecule has 0 aliphatic heterocycles. The van der Waals surface area contributed by atoms with E-state index >= 15 is 0 Å². The first-order valence-electron chi connectivity index (χ1n) is 6.32. The standard InChI is InChI=1S/C14H22FNO/c1-4-6-9-16(5-2)14-8-7-12(11(3)17)10-13(14)15/h7-8,10-11,17H,4-6,9H2,1-3H3/t11-/m1/s1. The van der Waals surface area contributed by atoms with E-state index in [1.165, 1.54) is 6.07 Å². The molecule has 0 fully saturated rings. The number of unbranched alkanes of at least 4 members (excludes halogenated alkanes) is 1. The molecule has 1 aromatic carbocycles. The molecule has 0 spiro atoms. The molecule has 0 bridgehead atoms. The number of aliphatic hydroxyl groups excluding tert-OH is 1. The largest absolute Gasteiger partial charge is 0.389 e. The summed E-state index contributed by atoms with van der Waals surface area (Å²) < 4.78 is 13.9. The van der Waals surface area contributed by atoms with Crippen LogP contribution in [0.4, 0.5) is 10.1 Å². The van der Waals surface area contributed by atoms with Crippen LogP contribution in [0.5, 0.6) is 0 Å². The molecule has 0 amide bonds. The molecule has 1 rings (SSSR count). The van der Waals surface area contributed by atoms with Gasteiger partial charge in [0.2, 0.25) is 0 Å². The highest BCUT2D eigenvalue weighted by molar-refractivity contribution is 5.49. The van der Waals surface area contributed by atoms with Crippen molar-refractivity contribution in [1.29, 1.82) is 0 Å². The summed E-state index contributed by atoms with van der Waals surface area (Å²) >= 11 is 0. The number of halogens is 1. The summed E-state index contributed by atoms with van der Waals surface area (Å²) in [7, 11) is 0. The monoisotopic (exact) mass is 239 g/mol. The Hall–Kier alpha value is -1.09. The first kappa shape index (κ1) is 14.0. The van der Waals surface area contributed by atoms with E-state index in [0.717, 1.165) is 25.9 Å². The summed E-state index contributed by atoms with van der Waals surface area (Å²) in [6, 6.07) is 4.98. The summed E-state index contributed by atoms with van der Waals surface area (Å²) in [6.07, 6.45) is 1.54. The Morgan fingerprint density at radius 2 is 2.06 bits per heavy atom. The van der Waals surface area contributed by atoms with Crippen molar-refractivity contribution in [2.24, 2.45) is 0 Å². The molecule has 0 aliphatic rings. The number of hydrogen-bond donors (Lipinski definition) is 1. The van der Waals surface area contributed by atoms with Crippen LogP contribution < -0.4 is 4.90 Å². The summed E-state index contributed by atoms with van der Waals surface area (Å²) in [5.41, 5.74) is 1.25. The van der Waals surface area contributed by atoms with Crippen molar-refractivity contribution in [2.75, 3.05) is 18.0 Å². The van der Waals surface area contributed by atoms with Crippen LogP contribution in [-0.2, 0) is 0 Å². The van der Waals surface area contributed by atoms with E-state index in [-0.39, 0.29) is 5.82 Å². The van der Waals surface area contributed by atoms with Gasteiger partial charge in [-0.3, -0.25) is 0 Å². The number of hydrogen-bond acceptors (Lipinski definition) is 2. The third-order valence-electron chi connectivity index (χ3n) is 2.96. The average molecular weight is 239 g/mol. The molecule has 0 unspecified atom stereocenters. The van der Waals surface area contributed by atoms with Crippen LogP contribution in [-0.4, -0.2) is 18.2 Å². The van der Waals surface area contributed by atoms with Crippen molar-refractivity contribution < 1.29 is 9.50 Å². The summed E-state index contributed by atoms with van der Waals surface area (Å²) in [6.45, 7) is 7.46. The quantitative estimate of drug-likeness (QED) is 0.821. The van der Waals surface area contributed by atoms with Crippen LogP contribution in [0.1, 0.15) is 45.3 Å². The number of benzene rings is 1. The second-order valence-electron chi connectivity index (χ2n) is 4.32. The molecule has 1 aromatic rings. The maximum absolute atomic E-state index is 13.9. The summed E-state index contributed by atoms with van der Waals surface area (Å²) in [4.78, 5) is 2.03. The Morgan fingerprint density at radius 3 is 2.53 bits per heavy atom. The highest BCUT2D eigenvalue weighted by atomic mass is 19.1. The maximum Gasteiger partial charge on any atom is 0.146 e. The lowest BCUT2D eigenvalue weighted by molar-refractivity contribution is 0.199. The first-order valence-corrected chi connectivity index (χ1v) is 6.32. The van der Waals surface area contributed by atoms with Gasteiger partial charge in [-0.05, 0) is 38.0 Å². The molecule has 17 heavy (non-hydrogen) atoms.